The van der Waals surface area contributed by atoms with Crippen LogP contribution in [0.15, 0.2) is 0 Å². The van der Waals surface area contributed by atoms with Crippen LogP contribution in [0.5, 0.6) is 0 Å². The highest BCUT2D eigenvalue weighted by molar-refractivity contribution is 4.89. The van der Waals surface area contributed by atoms with Gasteiger partial charge in [0, 0.05) is 7.11 Å². The zero-order chi connectivity index (χ0) is 10.7. The van der Waals surface area contributed by atoms with Crippen LogP contribution in [-0.4, -0.2) is 59.7 Å². The summed E-state index contributed by atoms with van der Waals surface area (Å²) in [5.41, 5.74) is 0. The first-order chi connectivity index (χ1) is 6.65. The lowest BCUT2D eigenvalue weighted by atomic mass is 9.99. The van der Waals surface area contributed by atoms with E-state index < -0.39 is 37.3 Å². The van der Waals surface area contributed by atoms with Crippen LogP contribution in [0.25, 0.3) is 0 Å². The lowest BCUT2D eigenvalue weighted by Gasteiger charge is -2.40. The highest BCUT2D eigenvalue weighted by Gasteiger charge is 2.45. The topological polar surface area (TPSA) is 114 Å². The number of methoxy groups -OCH3 is 1. The lowest BCUT2D eigenvalue weighted by Crippen LogP contribution is -2.60. The number of ether oxygens (including phenoxy) is 2. The number of aliphatic hydroxyl groups is 3. The maximum Gasteiger partial charge on any atom is 0.186 e. The van der Waals surface area contributed by atoms with Crippen molar-refractivity contribution in [1.29, 1.82) is 0 Å². The van der Waals surface area contributed by atoms with E-state index in [1.54, 1.807) is 0 Å². The Labute approximate surface area is 80.9 Å². The molecule has 5 N–H and O–H groups in total. The molecule has 1 saturated heterocycles. The van der Waals surface area contributed by atoms with Gasteiger partial charge in [0.1, 0.15) is 24.4 Å². The normalized spacial score (nSPS) is 43.9. The molecule has 1 fully saturated rings. The SMILES string of the molecule is CO[C@H]1O[C@H](CO)[C@@H](O)[C@H](ON)[C@@H]1O. The predicted molar refractivity (Wildman–Crippen MR) is 43.8 cm³/mol. The van der Waals surface area contributed by atoms with E-state index >= 15 is 0 Å². The molecule has 1 rings (SSSR count). The van der Waals surface area contributed by atoms with Crippen LogP contribution in [0.1, 0.15) is 0 Å². The van der Waals surface area contributed by atoms with Crippen molar-refractivity contribution in [3.05, 3.63) is 0 Å². The Balaban J connectivity index is 2.72. The maximum atomic E-state index is 9.52. The second-order valence-corrected chi connectivity index (χ2v) is 3.04. The van der Waals surface area contributed by atoms with Crippen molar-refractivity contribution in [2.24, 2.45) is 5.90 Å². The van der Waals surface area contributed by atoms with E-state index in [-0.39, 0.29) is 0 Å². The van der Waals surface area contributed by atoms with Crippen LogP contribution < -0.4 is 5.90 Å². The summed E-state index contributed by atoms with van der Waals surface area (Å²) in [5.74, 6) is 4.91. The molecule has 7 heteroatoms. The van der Waals surface area contributed by atoms with Gasteiger partial charge in [-0.3, -0.25) is 4.84 Å². The molecule has 0 radical (unpaired) electrons. The van der Waals surface area contributed by atoms with Gasteiger partial charge in [-0.1, -0.05) is 0 Å². The highest BCUT2D eigenvalue weighted by atomic mass is 16.7. The van der Waals surface area contributed by atoms with E-state index in [0.717, 1.165) is 0 Å². The summed E-state index contributed by atoms with van der Waals surface area (Å²) in [4.78, 5) is 4.41. The zero-order valence-corrected chi connectivity index (χ0v) is 7.74. The molecule has 84 valence electrons. The van der Waals surface area contributed by atoms with Crippen molar-refractivity contribution in [3.63, 3.8) is 0 Å². The summed E-state index contributed by atoms with van der Waals surface area (Å²) in [6.45, 7) is -0.409. The predicted octanol–water partition coefficient (Wildman–Crippen LogP) is -2.67. The minimum absolute atomic E-state index is 0.409. The standard InChI is InChI=1S/C7H15NO6/c1-12-7-5(11)6(14-8)4(10)3(2-9)13-7/h3-7,9-11H,2,8H2,1H3/t3-,4-,5+,6+,7+/m1/s1. The Morgan fingerprint density at radius 3 is 2.43 bits per heavy atom. The van der Waals surface area contributed by atoms with Gasteiger partial charge >= 0.3 is 0 Å². The first-order valence-electron chi connectivity index (χ1n) is 4.16. The summed E-state index contributed by atoms with van der Waals surface area (Å²) in [5, 5.41) is 27.9. The van der Waals surface area contributed by atoms with Gasteiger partial charge in [-0.05, 0) is 0 Å². The Morgan fingerprint density at radius 2 is 2.00 bits per heavy atom. The molecule has 0 saturated carbocycles. The molecule has 0 aromatic carbocycles. The van der Waals surface area contributed by atoms with Crippen molar-refractivity contribution < 1.29 is 29.6 Å². The third-order valence-corrected chi connectivity index (χ3v) is 2.21. The molecule has 1 heterocycles. The van der Waals surface area contributed by atoms with Gasteiger partial charge < -0.3 is 24.8 Å². The Kier molecular flexibility index (Phi) is 4.20. The quantitative estimate of drug-likeness (QED) is 0.375. The van der Waals surface area contributed by atoms with Crippen molar-refractivity contribution in [3.8, 4) is 0 Å². The molecular formula is C7H15NO6. The number of hydrogen-bond acceptors (Lipinski definition) is 7. The van der Waals surface area contributed by atoms with Gasteiger partial charge in [0.25, 0.3) is 0 Å². The number of nitrogens with two attached hydrogens (primary N) is 1. The van der Waals surface area contributed by atoms with Gasteiger partial charge in [0.15, 0.2) is 6.29 Å². The molecule has 1 aliphatic heterocycles. The molecule has 5 atom stereocenters. The average molecular weight is 209 g/mol. The Morgan fingerprint density at radius 1 is 1.36 bits per heavy atom. The summed E-state index contributed by atoms with van der Waals surface area (Å²) in [7, 11) is 1.33. The van der Waals surface area contributed by atoms with Gasteiger partial charge in [-0.2, -0.15) is 0 Å². The van der Waals surface area contributed by atoms with Gasteiger partial charge in [-0.25, -0.2) is 5.90 Å². The van der Waals surface area contributed by atoms with Crippen LogP contribution in [-0.2, 0) is 14.3 Å². The van der Waals surface area contributed by atoms with Crippen molar-refractivity contribution >= 4 is 0 Å². The van der Waals surface area contributed by atoms with Crippen LogP contribution in [0.2, 0.25) is 0 Å². The third kappa shape index (κ3) is 2.04. The van der Waals surface area contributed by atoms with Crippen LogP contribution in [0, 0.1) is 0 Å². The molecule has 1 aliphatic rings. The summed E-state index contributed by atoms with van der Waals surface area (Å²) in [6, 6.07) is 0. The Hall–Kier alpha value is -0.280. The Bertz CT molecular complexity index is 164. The molecule has 0 aliphatic carbocycles. The molecule has 14 heavy (non-hydrogen) atoms. The van der Waals surface area contributed by atoms with Gasteiger partial charge in [0.2, 0.25) is 0 Å². The van der Waals surface area contributed by atoms with Crippen molar-refractivity contribution in [2.75, 3.05) is 13.7 Å². The fourth-order valence-electron chi connectivity index (χ4n) is 1.41. The smallest absolute Gasteiger partial charge is 0.186 e. The molecule has 0 bridgehead atoms. The van der Waals surface area contributed by atoms with Gasteiger partial charge in [-0.15, -0.1) is 0 Å². The summed E-state index contributed by atoms with van der Waals surface area (Å²) < 4.78 is 9.82. The molecule has 7 nitrogen and oxygen atoms in total. The molecule has 0 unspecified atom stereocenters. The fraction of sp³-hybridized carbons (Fsp3) is 1.00. The van der Waals surface area contributed by atoms with Gasteiger partial charge in [0.05, 0.1) is 6.61 Å². The average Bonchev–Trinajstić information content (AvgIpc) is 2.19. The minimum Gasteiger partial charge on any atom is -0.394 e. The van der Waals surface area contributed by atoms with Crippen LogP contribution >= 0.6 is 0 Å². The second kappa shape index (κ2) is 4.99. The highest BCUT2D eigenvalue weighted by Crippen LogP contribution is 2.22. The van der Waals surface area contributed by atoms with E-state index in [0.29, 0.717) is 0 Å². The number of hydrogen-bond donors (Lipinski definition) is 4. The molecule has 0 aromatic rings. The number of rotatable bonds is 3. The molecular weight excluding hydrogens is 194 g/mol. The first kappa shape index (κ1) is 11.8. The van der Waals surface area contributed by atoms with E-state index in [1.165, 1.54) is 7.11 Å². The monoisotopic (exact) mass is 209 g/mol. The van der Waals surface area contributed by atoms with E-state index in [9.17, 15) is 10.2 Å². The second-order valence-electron chi connectivity index (χ2n) is 3.04. The van der Waals surface area contributed by atoms with Crippen LogP contribution in [0.3, 0.4) is 0 Å². The first-order valence-corrected chi connectivity index (χ1v) is 4.16. The zero-order valence-electron chi connectivity index (χ0n) is 7.74. The molecule has 0 spiro atoms. The molecule has 0 amide bonds. The number of aliphatic hydroxyl groups excluding tert-OH is 3. The van der Waals surface area contributed by atoms with Crippen LogP contribution in [0.4, 0.5) is 0 Å². The summed E-state index contributed by atoms with van der Waals surface area (Å²) >= 11 is 0. The van der Waals surface area contributed by atoms with E-state index in [1.807, 2.05) is 0 Å². The fourth-order valence-corrected chi connectivity index (χ4v) is 1.41. The van der Waals surface area contributed by atoms with Crippen molar-refractivity contribution in [2.45, 2.75) is 30.7 Å². The molecule has 0 aromatic heterocycles. The minimum atomic E-state index is -1.19. The maximum absolute atomic E-state index is 9.52. The summed E-state index contributed by atoms with van der Waals surface area (Å²) in [6.07, 6.45) is -5.26. The van der Waals surface area contributed by atoms with E-state index in [2.05, 4.69) is 4.84 Å². The van der Waals surface area contributed by atoms with Crippen molar-refractivity contribution in [1.82, 2.24) is 0 Å². The lowest BCUT2D eigenvalue weighted by molar-refractivity contribution is -0.302. The third-order valence-electron chi connectivity index (χ3n) is 2.21. The largest absolute Gasteiger partial charge is 0.394 e. The van der Waals surface area contributed by atoms with E-state index in [4.69, 9.17) is 20.5 Å².